The first-order chi connectivity index (χ1) is 12.7. The fraction of sp³-hybridized carbons (Fsp3) is 0.350. The van der Waals surface area contributed by atoms with Crippen molar-refractivity contribution in [2.24, 2.45) is 0 Å². The fourth-order valence-electron chi connectivity index (χ4n) is 3.52. The summed E-state index contributed by atoms with van der Waals surface area (Å²) in [5, 5.41) is 8.99. The summed E-state index contributed by atoms with van der Waals surface area (Å²) in [4.78, 5) is 18.6. The molecule has 4 rings (SSSR count). The van der Waals surface area contributed by atoms with Gasteiger partial charge in [0.1, 0.15) is 0 Å². The first kappa shape index (κ1) is 17.1. The van der Waals surface area contributed by atoms with Crippen LogP contribution in [0.25, 0.3) is 0 Å². The predicted octanol–water partition coefficient (Wildman–Crippen LogP) is 2.87. The standard InChI is InChI=1S/C20H19N3O2S/c21-9-15-3-1-5-17(7-15)19(24)23-13-20(14-23)8-18(12-26-20)25-11-16-4-2-6-22-10-16/h1-7,10,18H,8,11-14H2/t18-/m1/s1. The van der Waals surface area contributed by atoms with Crippen molar-refractivity contribution in [3.05, 3.63) is 65.5 Å². The third kappa shape index (κ3) is 3.46. The Hall–Kier alpha value is -2.36. The highest BCUT2D eigenvalue weighted by atomic mass is 32.2. The number of likely N-dealkylation sites (tertiary alicyclic amines) is 1. The Balaban J connectivity index is 1.30. The zero-order valence-electron chi connectivity index (χ0n) is 14.3. The van der Waals surface area contributed by atoms with E-state index in [1.807, 2.05) is 35.0 Å². The lowest BCUT2D eigenvalue weighted by atomic mass is 9.92. The Labute approximate surface area is 157 Å². The molecule has 0 radical (unpaired) electrons. The first-order valence-corrected chi connectivity index (χ1v) is 9.60. The molecule has 5 nitrogen and oxygen atoms in total. The molecule has 1 aromatic heterocycles. The largest absolute Gasteiger partial charge is 0.373 e. The van der Waals surface area contributed by atoms with E-state index in [9.17, 15) is 4.79 Å². The van der Waals surface area contributed by atoms with Crippen LogP contribution in [0.4, 0.5) is 0 Å². The number of rotatable bonds is 4. The van der Waals surface area contributed by atoms with Crippen molar-refractivity contribution in [1.82, 2.24) is 9.88 Å². The summed E-state index contributed by atoms with van der Waals surface area (Å²) >= 11 is 1.91. The topological polar surface area (TPSA) is 66.2 Å². The molecule has 1 amide bonds. The van der Waals surface area contributed by atoms with Gasteiger partial charge in [-0.25, -0.2) is 0 Å². The minimum absolute atomic E-state index is 0.00746. The Morgan fingerprint density at radius 3 is 3.04 bits per heavy atom. The van der Waals surface area contributed by atoms with Crippen LogP contribution in [-0.2, 0) is 11.3 Å². The van der Waals surface area contributed by atoms with Gasteiger partial charge in [0.05, 0.1) is 29.1 Å². The van der Waals surface area contributed by atoms with E-state index in [4.69, 9.17) is 10.00 Å². The summed E-state index contributed by atoms with van der Waals surface area (Å²) < 4.78 is 6.16. The number of nitriles is 1. The molecule has 6 heteroatoms. The second-order valence-corrected chi connectivity index (χ2v) is 8.33. The molecular formula is C20H19N3O2S. The van der Waals surface area contributed by atoms with E-state index in [0.29, 0.717) is 17.7 Å². The van der Waals surface area contributed by atoms with Crippen LogP contribution in [0.2, 0.25) is 0 Å². The van der Waals surface area contributed by atoms with Gasteiger partial charge in [0, 0.05) is 36.8 Å². The van der Waals surface area contributed by atoms with Gasteiger partial charge in [-0.1, -0.05) is 12.1 Å². The van der Waals surface area contributed by atoms with Crippen LogP contribution in [0.1, 0.15) is 27.9 Å². The number of pyridine rings is 1. The monoisotopic (exact) mass is 365 g/mol. The summed E-state index contributed by atoms with van der Waals surface area (Å²) in [7, 11) is 0. The molecule has 1 atom stereocenters. The second-order valence-electron chi connectivity index (χ2n) is 6.85. The van der Waals surface area contributed by atoms with Crippen LogP contribution in [0, 0.1) is 11.3 Å². The third-order valence-electron chi connectivity index (χ3n) is 4.87. The maximum absolute atomic E-state index is 12.6. The number of carbonyl (C=O) groups excluding carboxylic acids is 1. The van der Waals surface area contributed by atoms with Gasteiger partial charge in [-0.2, -0.15) is 5.26 Å². The van der Waals surface area contributed by atoms with Crippen LogP contribution in [-0.4, -0.2) is 45.5 Å². The molecule has 0 unspecified atom stereocenters. The highest BCUT2D eigenvalue weighted by molar-refractivity contribution is 8.01. The zero-order chi connectivity index (χ0) is 18.0. The van der Waals surface area contributed by atoms with Crippen molar-refractivity contribution >= 4 is 17.7 Å². The van der Waals surface area contributed by atoms with Gasteiger partial charge in [0.25, 0.3) is 5.91 Å². The van der Waals surface area contributed by atoms with Gasteiger partial charge in [0.15, 0.2) is 0 Å². The molecule has 0 N–H and O–H groups in total. The van der Waals surface area contributed by atoms with Crippen LogP contribution >= 0.6 is 11.8 Å². The normalized spacial score (nSPS) is 20.6. The number of ether oxygens (including phenoxy) is 1. The molecule has 26 heavy (non-hydrogen) atoms. The number of aromatic nitrogens is 1. The third-order valence-corrected chi connectivity index (χ3v) is 6.44. The molecular weight excluding hydrogens is 346 g/mol. The van der Waals surface area contributed by atoms with E-state index in [-0.39, 0.29) is 16.8 Å². The minimum atomic E-state index is 0.00746. The van der Waals surface area contributed by atoms with Gasteiger partial charge in [-0.05, 0) is 36.2 Å². The minimum Gasteiger partial charge on any atom is -0.373 e. The van der Waals surface area contributed by atoms with E-state index in [2.05, 4.69) is 11.1 Å². The number of hydrogen-bond donors (Lipinski definition) is 0. The van der Waals surface area contributed by atoms with Crippen LogP contribution in [0.15, 0.2) is 48.8 Å². The van der Waals surface area contributed by atoms with E-state index in [1.165, 1.54) is 0 Å². The van der Waals surface area contributed by atoms with E-state index in [1.54, 1.807) is 30.5 Å². The zero-order valence-corrected chi connectivity index (χ0v) is 15.1. The Morgan fingerprint density at radius 2 is 2.27 bits per heavy atom. The lowest BCUT2D eigenvalue weighted by Gasteiger charge is -2.47. The van der Waals surface area contributed by atoms with Gasteiger partial charge >= 0.3 is 0 Å². The van der Waals surface area contributed by atoms with Gasteiger partial charge in [-0.15, -0.1) is 11.8 Å². The molecule has 3 heterocycles. The molecule has 2 aliphatic heterocycles. The van der Waals surface area contributed by atoms with E-state index >= 15 is 0 Å². The number of carbonyl (C=O) groups is 1. The Morgan fingerprint density at radius 1 is 1.38 bits per heavy atom. The maximum Gasteiger partial charge on any atom is 0.253 e. The Kier molecular flexibility index (Phi) is 4.66. The fourth-order valence-corrected chi connectivity index (χ4v) is 5.08. The van der Waals surface area contributed by atoms with Crippen molar-refractivity contribution in [1.29, 1.82) is 5.26 Å². The van der Waals surface area contributed by atoms with E-state index in [0.717, 1.165) is 30.8 Å². The first-order valence-electron chi connectivity index (χ1n) is 8.61. The van der Waals surface area contributed by atoms with Crippen molar-refractivity contribution in [3.8, 4) is 6.07 Å². The summed E-state index contributed by atoms with van der Waals surface area (Å²) in [5.41, 5.74) is 2.19. The molecule has 2 saturated heterocycles. The number of benzene rings is 1. The van der Waals surface area contributed by atoms with Crippen molar-refractivity contribution in [2.75, 3.05) is 18.8 Å². The molecule has 0 saturated carbocycles. The Bertz CT molecular complexity index is 844. The number of nitrogens with zero attached hydrogens (tertiary/aromatic N) is 3. The SMILES string of the molecule is N#Cc1cccc(C(=O)N2CC3(C[C@@H](OCc4cccnc4)CS3)C2)c1. The van der Waals surface area contributed by atoms with Crippen LogP contribution in [0.3, 0.4) is 0 Å². The summed E-state index contributed by atoms with van der Waals surface area (Å²) in [6.45, 7) is 2.08. The lowest BCUT2D eigenvalue weighted by molar-refractivity contribution is 0.0254. The molecule has 2 aliphatic rings. The molecule has 1 aromatic carbocycles. The molecule has 0 aliphatic carbocycles. The lowest BCUT2D eigenvalue weighted by Crippen LogP contribution is -2.60. The summed E-state index contributed by atoms with van der Waals surface area (Å²) in [6.07, 6.45) is 4.78. The quantitative estimate of drug-likeness (QED) is 0.833. The van der Waals surface area contributed by atoms with E-state index < -0.39 is 0 Å². The average Bonchev–Trinajstić information content (AvgIpc) is 3.10. The summed E-state index contributed by atoms with van der Waals surface area (Å²) in [6, 6.07) is 12.9. The van der Waals surface area contributed by atoms with Gasteiger partial charge < -0.3 is 9.64 Å². The predicted molar refractivity (Wildman–Crippen MR) is 99.7 cm³/mol. The average molecular weight is 365 g/mol. The van der Waals surface area contributed by atoms with Crippen molar-refractivity contribution < 1.29 is 9.53 Å². The molecule has 2 fully saturated rings. The number of hydrogen-bond acceptors (Lipinski definition) is 5. The maximum atomic E-state index is 12.6. The van der Waals surface area contributed by atoms with Crippen LogP contribution < -0.4 is 0 Å². The second kappa shape index (κ2) is 7.10. The highest BCUT2D eigenvalue weighted by Crippen LogP contribution is 2.46. The molecule has 2 aromatic rings. The van der Waals surface area contributed by atoms with Gasteiger partial charge in [-0.3, -0.25) is 9.78 Å². The molecule has 1 spiro atoms. The molecule has 0 bridgehead atoms. The van der Waals surface area contributed by atoms with Crippen molar-refractivity contribution in [2.45, 2.75) is 23.9 Å². The smallest absolute Gasteiger partial charge is 0.253 e. The van der Waals surface area contributed by atoms with Crippen LogP contribution in [0.5, 0.6) is 0 Å². The van der Waals surface area contributed by atoms with Gasteiger partial charge in [0.2, 0.25) is 0 Å². The molecule has 132 valence electrons. The highest BCUT2D eigenvalue weighted by Gasteiger charge is 2.51. The summed E-state index contributed by atoms with van der Waals surface area (Å²) in [5.74, 6) is 0.972. The number of amides is 1. The van der Waals surface area contributed by atoms with Crippen molar-refractivity contribution in [3.63, 3.8) is 0 Å². The number of thioether (sulfide) groups is 1.